The number of hydrogen-bond donors (Lipinski definition) is 2. The topological polar surface area (TPSA) is 83.5 Å². The Bertz CT molecular complexity index is 304. The molecular weight excluding hydrogens is 242 g/mol. The van der Waals surface area contributed by atoms with Crippen molar-refractivity contribution < 1.29 is 18.9 Å². The zero-order chi connectivity index (χ0) is 13.6. The van der Waals surface area contributed by atoms with Gasteiger partial charge in [-0.2, -0.15) is 0 Å². The van der Waals surface area contributed by atoms with Crippen molar-refractivity contribution in [3.8, 4) is 0 Å². The minimum absolute atomic E-state index is 0.269. The Labute approximate surface area is 104 Å². The lowest BCUT2D eigenvalue weighted by Gasteiger charge is -2.19. The lowest BCUT2D eigenvalue weighted by atomic mass is 10.1. The van der Waals surface area contributed by atoms with Crippen molar-refractivity contribution in [2.75, 3.05) is 6.54 Å². The predicted octanol–water partition coefficient (Wildman–Crippen LogP) is 0.759. The molecule has 0 aliphatic carbocycles. The van der Waals surface area contributed by atoms with Crippen LogP contribution in [0, 0.1) is 5.92 Å². The van der Waals surface area contributed by atoms with Gasteiger partial charge >= 0.3 is 5.97 Å². The third-order valence-corrected chi connectivity index (χ3v) is 4.52. The second kappa shape index (κ2) is 7.42. The average Bonchev–Trinajstić information content (AvgIpc) is 2.23. The highest BCUT2D eigenvalue weighted by Crippen LogP contribution is 2.14. The number of aliphatic carboxylic acids is 1. The van der Waals surface area contributed by atoms with Crippen molar-refractivity contribution in [1.82, 2.24) is 5.32 Å². The number of nitrogens with one attached hydrogen (secondary N) is 1. The van der Waals surface area contributed by atoms with Gasteiger partial charge in [-0.05, 0) is 19.3 Å². The molecule has 0 aromatic rings. The van der Waals surface area contributed by atoms with E-state index in [0.717, 1.165) is 6.42 Å². The van der Waals surface area contributed by atoms with E-state index in [1.54, 1.807) is 13.8 Å². The average molecular weight is 263 g/mol. The Morgan fingerprint density at radius 2 is 1.82 bits per heavy atom. The minimum atomic E-state index is -1.71. The van der Waals surface area contributed by atoms with Crippen LogP contribution in [0.2, 0.25) is 0 Å². The highest BCUT2D eigenvalue weighted by Gasteiger charge is 2.34. The summed E-state index contributed by atoms with van der Waals surface area (Å²) in [5.41, 5.74) is 0. The molecule has 0 saturated carbocycles. The van der Waals surface area contributed by atoms with E-state index in [1.165, 1.54) is 6.92 Å². The molecule has 0 saturated heterocycles. The molecule has 0 radical (unpaired) electrons. The van der Waals surface area contributed by atoms with Crippen LogP contribution in [0.1, 0.15) is 34.1 Å². The Kier molecular flexibility index (Phi) is 7.03. The van der Waals surface area contributed by atoms with E-state index in [9.17, 15) is 13.8 Å². The van der Waals surface area contributed by atoms with Crippen LogP contribution < -0.4 is 5.32 Å². The summed E-state index contributed by atoms with van der Waals surface area (Å²) in [5.74, 6) is -1.74. The van der Waals surface area contributed by atoms with Crippen LogP contribution in [0.15, 0.2) is 0 Å². The highest BCUT2D eigenvalue weighted by atomic mass is 32.2. The first-order valence-corrected chi connectivity index (χ1v) is 7.00. The number of amides is 1. The molecule has 0 bridgehead atoms. The van der Waals surface area contributed by atoms with Crippen molar-refractivity contribution in [3.05, 3.63) is 0 Å². The molecule has 0 heterocycles. The molecule has 2 N–H and O–H groups in total. The summed E-state index contributed by atoms with van der Waals surface area (Å²) in [6.07, 6.45) is 0.789. The second-order valence-corrected chi connectivity index (χ2v) is 6.14. The van der Waals surface area contributed by atoms with E-state index >= 15 is 0 Å². The number of carbonyl (C=O) groups is 2. The first-order valence-electron chi connectivity index (χ1n) is 5.72. The molecule has 17 heavy (non-hydrogen) atoms. The summed E-state index contributed by atoms with van der Waals surface area (Å²) < 4.78 is 12.0. The van der Waals surface area contributed by atoms with Crippen molar-refractivity contribution in [2.24, 2.45) is 5.92 Å². The molecule has 0 spiro atoms. The summed E-state index contributed by atoms with van der Waals surface area (Å²) in [6.45, 7) is 7.30. The third kappa shape index (κ3) is 4.85. The molecule has 6 heteroatoms. The first-order chi connectivity index (χ1) is 7.82. The molecule has 0 aliphatic heterocycles. The molecule has 0 aromatic carbocycles. The summed E-state index contributed by atoms with van der Waals surface area (Å²) in [4.78, 5) is 22.6. The van der Waals surface area contributed by atoms with Gasteiger partial charge in [-0.15, -0.1) is 0 Å². The number of carboxylic acids is 1. The number of carbonyl (C=O) groups excluding carboxylic acids is 1. The Balaban J connectivity index is 4.66. The minimum Gasteiger partial charge on any atom is -0.480 e. The molecular formula is C11H21NO4S. The number of carboxylic acid groups (broad SMARTS) is 1. The van der Waals surface area contributed by atoms with Crippen molar-refractivity contribution in [3.63, 3.8) is 0 Å². The third-order valence-electron chi connectivity index (χ3n) is 2.37. The van der Waals surface area contributed by atoms with E-state index in [0.29, 0.717) is 6.54 Å². The van der Waals surface area contributed by atoms with E-state index in [-0.39, 0.29) is 11.8 Å². The lowest BCUT2D eigenvalue weighted by Crippen LogP contribution is -2.43. The summed E-state index contributed by atoms with van der Waals surface area (Å²) >= 11 is 0. The standard InChI is InChI=1S/C11H21NO4S/c1-5-6-12-10(13)8(4)17(16)9(7(2)3)11(14)15/h7-9H,5-6H2,1-4H3,(H,12,13)(H,14,15). The van der Waals surface area contributed by atoms with Gasteiger partial charge in [-0.1, -0.05) is 20.8 Å². The van der Waals surface area contributed by atoms with Crippen molar-refractivity contribution >= 4 is 22.7 Å². The van der Waals surface area contributed by atoms with Gasteiger partial charge in [0.15, 0.2) is 0 Å². The van der Waals surface area contributed by atoms with Crippen molar-refractivity contribution in [2.45, 2.75) is 44.6 Å². The zero-order valence-corrected chi connectivity index (χ0v) is 11.5. The van der Waals surface area contributed by atoms with Gasteiger partial charge in [0.05, 0.1) is 0 Å². The summed E-state index contributed by atoms with van der Waals surface area (Å²) in [7, 11) is -1.71. The summed E-state index contributed by atoms with van der Waals surface area (Å²) in [5, 5.41) is 9.81. The quantitative estimate of drug-likeness (QED) is 0.710. The van der Waals surface area contributed by atoms with Crippen LogP contribution in [-0.2, 0) is 20.4 Å². The molecule has 3 atom stereocenters. The molecule has 5 nitrogen and oxygen atoms in total. The van der Waals surface area contributed by atoms with Gasteiger partial charge < -0.3 is 10.4 Å². The van der Waals surface area contributed by atoms with Crippen LogP contribution >= 0.6 is 0 Å². The molecule has 0 aromatic heterocycles. The molecule has 3 unspecified atom stereocenters. The fourth-order valence-electron chi connectivity index (χ4n) is 1.37. The molecule has 1 amide bonds. The largest absolute Gasteiger partial charge is 0.480 e. The normalized spacial score (nSPS) is 16.3. The maximum Gasteiger partial charge on any atom is 0.319 e. The van der Waals surface area contributed by atoms with Gasteiger partial charge in [-0.25, -0.2) is 0 Å². The molecule has 0 fully saturated rings. The van der Waals surface area contributed by atoms with Gasteiger partial charge in [0.1, 0.15) is 10.5 Å². The fourth-order valence-corrected chi connectivity index (χ4v) is 2.84. The van der Waals surface area contributed by atoms with Crippen LogP contribution in [0.25, 0.3) is 0 Å². The van der Waals surface area contributed by atoms with E-state index in [4.69, 9.17) is 5.11 Å². The smallest absolute Gasteiger partial charge is 0.319 e. The van der Waals surface area contributed by atoms with Gasteiger partial charge in [0.25, 0.3) is 0 Å². The van der Waals surface area contributed by atoms with Crippen LogP contribution in [0.4, 0.5) is 0 Å². The monoisotopic (exact) mass is 263 g/mol. The Hall–Kier alpha value is -0.910. The van der Waals surface area contributed by atoms with Crippen LogP contribution in [0.3, 0.4) is 0 Å². The maximum atomic E-state index is 12.0. The predicted molar refractivity (Wildman–Crippen MR) is 67.2 cm³/mol. The van der Waals surface area contributed by atoms with Gasteiger partial charge in [-0.3, -0.25) is 13.8 Å². The second-order valence-electron chi connectivity index (χ2n) is 4.26. The lowest BCUT2D eigenvalue weighted by molar-refractivity contribution is -0.137. The molecule has 0 aliphatic rings. The first kappa shape index (κ1) is 16.1. The molecule has 0 rings (SSSR count). The fraction of sp³-hybridized carbons (Fsp3) is 0.818. The molecule has 100 valence electrons. The summed E-state index contributed by atoms with van der Waals surface area (Å²) in [6, 6.07) is 0. The van der Waals surface area contributed by atoms with Crippen molar-refractivity contribution in [1.29, 1.82) is 0 Å². The van der Waals surface area contributed by atoms with E-state index in [1.807, 2.05) is 6.92 Å². The van der Waals surface area contributed by atoms with E-state index in [2.05, 4.69) is 5.32 Å². The van der Waals surface area contributed by atoms with E-state index < -0.39 is 27.3 Å². The Morgan fingerprint density at radius 1 is 1.29 bits per heavy atom. The Morgan fingerprint density at radius 3 is 2.18 bits per heavy atom. The maximum absolute atomic E-state index is 12.0. The van der Waals surface area contributed by atoms with Gasteiger partial charge in [0.2, 0.25) is 5.91 Å². The SMILES string of the molecule is CCCNC(=O)C(C)S(=O)C(C(=O)O)C(C)C. The number of hydrogen-bond acceptors (Lipinski definition) is 3. The highest BCUT2D eigenvalue weighted by molar-refractivity contribution is 7.87. The zero-order valence-electron chi connectivity index (χ0n) is 10.7. The van der Waals surface area contributed by atoms with Crippen LogP contribution in [-0.4, -0.2) is 38.2 Å². The van der Waals surface area contributed by atoms with Crippen LogP contribution in [0.5, 0.6) is 0 Å². The van der Waals surface area contributed by atoms with Gasteiger partial charge in [0, 0.05) is 17.3 Å². The number of rotatable bonds is 7.